The van der Waals surface area contributed by atoms with Crippen LogP contribution in [0.3, 0.4) is 0 Å². The first-order valence-electron chi connectivity index (χ1n) is 3.70. The Bertz CT molecular complexity index is 311. The van der Waals surface area contributed by atoms with Gasteiger partial charge in [0.25, 0.3) is 0 Å². The molecule has 0 aromatic rings. The molecule has 0 aromatic heterocycles. The molecule has 2 atom stereocenters. The highest BCUT2D eigenvalue weighted by molar-refractivity contribution is 7.88. The first kappa shape index (κ1) is 10.4. The van der Waals surface area contributed by atoms with Crippen LogP contribution in [0, 0.1) is 0 Å². The molecule has 7 heteroatoms. The van der Waals surface area contributed by atoms with Gasteiger partial charge in [0.15, 0.2) is 0 Å². The molecule has 0 bridgehead atoms. The zero-order valence-corrected chi connectivity index (χ0v) is 7.86. The van der Waals surface area contributed by atoms with Gasteiger partial charge in [0.2, 0.25) is 10.0 Å². The van der Waals surface area contributed by atoms with Crippen LogP contribution in [-0.2, 0) is 14.8 Å². The number of aliphatic hydroxyl groups excluding tert-OH is 1. The average molecular weight is 209 g/mol. The van der Waals surface area contributed by atoms with Crippen molar-refractivity contribution >= 4 is 16.0 Å². The van der Waals surface area contributed by atoms with Gasteiger partial charge in [0.05, 0.1) is 12.4 Å². The summed E-state index contributed by atoms with van der Waals surface area (Å²) in [6.45, 7) is -0.129. The van der Waals surface area contributed by atoms with Crippen LogP contribution in [0.2, 0.25) is 0 Å². The minimum atomic E-state index is -3.54. The maximum absolute atomic E-state index is 11.0. The Morgan fingerprint density at radius 3 is 2.38 bits per heavy atom. The van der Waals surface area contributed by atoms with E-state index in [1.807, 2.05) is 0 Å². The van der Waals surface area contributed by atoms with Gasteiger partial charge < -0.3 is 10.2 Å². The fourth-order valence-electron chi connectivity index (χ4n) is 1.38. The highest BCUT2D eigenvalue weighted by Crippen LogP contribution is 2.20. The van der Waals surface area contributed by atoms with Crippen LogP contribution in [0.5, 0.6) is 0 Å². The Morgan fingerprint density at radius 2 is 2.08 bits per heavy atom. The average Bonchev–Trinajstić information content (AvgIpc) is 2.29. The van der Waals surface area contributed by atoms with Gasteiger partial charge in [-0.15, -0.1) is 0 Å². The fourth-order valence-corrected chi connectivity index (χ4v) is 2.46. The molecule has 2 N–H and O–H groups in total. The predicted molar refractivity (Wildman–Crippen MR) is 43.6 cm³/mol. The number of carbonyl (C=O) groups is 1. The number of hydrogen-bond acceptors (Lipinski definition) is 4. The van der Waals surface area contributed by atoms with Gasteiger partial charge in [-0.05, 0) is 0 Å². The minimum Gasteiger partial charge on any atom is -0.480 e. The maximum Gasteiger partial charge on any atom is 0.322 e. The number of nitrogens with zero attached hydrogens (tertiary/aromatic N) is 1. The molecule has 76 valence electrons. The van der Waals surface area contributed by atoms with E-state index in [0.717, 1.165) is 10.6 Å². The van der Waals surface area contributed by atoms with Crippen LogP contribution < -0.4 is 0 Å². The lowest BCUT2D eigenvalue weighted by Gasteiger charge is -2.17. The third kappa shape index (κ3) is 2.17. The van der Waals surface area contributed by atoms with Crippen molar-refractivity contribution in [1.82, 2.24) is 4.31 Å². The number of hydrogen-bond donors (Lipinski definition) is 2. The van der Waals surface area contributed by atoms with Crippen molar-refractivity contribution in [2.24, 2.45) is 0 Å². The number of carboxylic acid groups (broad SMARTS) is 1. The Labute approximate surface area is 75.8 Å². The smallest absolute Gasteiger partial charge is 0.322 e. The number of carboxylic acids is 1. The molecular weight excluding hydrogens is 198 g/mol. The predicted octanol–water partition coefficient (Wildman–Crippen LogP) is -1.53. The van der Waals surface area contributed by atoms with Gasteiger partial charge in [0.1, 0.15) is 6.04 Å². The summed E-state index contributed by atoms with van der Waals surface area (Å²) >= 11 is 0. The van der Waals surface area contributed by atoms with Crippen molar-refractivity contribution in [3.05, 3.63) is 0 Å². The molecule has 0 amide bonds. The van der Waals surface area contributed by atoms with Crippen LogP contribution >= 0.6 is 0 Å². The van der Waals surface area contributed by atoms with Crippen molar-refractivity contribution in [2.75, 3.05) is 12.8 Å². The molecule has 1 heterocycles. The second-order valence-electron chi connectivity index (χ2n) is 3.08. The largest absolute Gasteiger partial charge is 0.480 e. The summed E-state index contributed by atoms with van der Waals surface area (Å²) in [6.07, 6.45) is 0.0134. The van der Waals surface area contributed by atoms with Gasteiger partial charge >= 0.3 is 5.97 Å². The van der Waals surface area contributed by atoms with Crippen LogP contribution in [0.4, 0.5) is 0 Å². The van der Waals surface area contributed by atoms with E-state index in [4.69, 9.17) is 10.2 Å². The summed E-state index contributed by atoms with van der Waals surface area (Å²) in [7, 11) is -3.54. The second kappa shape index (κ2) is 3.24. The summed E-state index contributed by atoms with van der Waals surface area (Å²) in [6, 6.07) is -1.12. The molecule has 0 aromatic carbocycles. The molecule has 0 unspecified atom stereocenters. The third-order valence-corrected chi connectivity index (χ3v) is 3.20. The standard InChI is InChI=1S/C6H11NO5S/c1-13(11,12)7-3-4(8)2-5(7)6(9)10/h4-5,8H,2-3H2,1H3,(H,9,10)/t4-,5-/m0/s1. The zero-order valence-electron chi connectivity index (χ0n) is 7.04. The molecular formula is C6H11NO5S. The van der Waals surface area contributed by atoms with E-state index in [1.165, 1.54) is 0 Å². The van der Waals surface area contributed by atoms with Crippen molar-refractivity contribution < 1.29 is 23.4 Å². The molecule has 0 radical (unpaired) electrons. The highest BCUT2D eigenvalue weighted by Gasteiger charge is 2.40. The lowest BCUT2D eigenvalue weighted by Crippen LogP contribution is -2.39. The summed E-state index contributed by atoms with van der Waals surface area (Å²) in [4.78, 5) is 10.6. The lowest BCUT2D eigenvalue weighted by molar-refractivity contribution is -0.140. The SMILES string of the molecule is CS(=O)(=O)N1C[C@@H](O)C[C@H]1C(=O)O. The van der Waals surface area contributed by atoms with Gasteiger partial charge in [-0.2, -0.15) is 4.31 Å². The first-order valence-corrected chi connectivity index (χ1v) is 5.55. The Morgan fingerprint density at radius 1 is 1.54 bits per heavy atom. The molecule has 6 nitrogen and oxygen atoms in total. The summed E-state index contributed by atoms with van der Waals surface area (Å²) < 4.78 is 22.9. The van der Waals surface area contributed by atoms with E-state index in [9.17, 15) is 13.2 Å². The number of rotatable bonds is 2. The lowest BCUT2D eigenvalue weighted by atomic mass is 10.2. The Kier molecular flexibility index (Phi) is 2.60. The summed E-state index contributed by atoms with van der Waals surface area (Å²) in [5, 5.41) is 17.8. The molecule has 0 spiro atoms. The van der Waals surface area contributed by atoms with Crippen molar-refractivity contribution in [2.45, 2.75) is 18.6 Å². The van der Waals surface area contributed by atoms with E-state index < -0.39 is 28.1 Å². The van der Waals surface area contributed by atoms with Crippen LogP contribution in [0.1, 0.15) is 6.42 Å². The molecule has 1 aliphatic rings. The van der Waals surface area contributed by atoms with E-state index in [0.29, 0.717) is 0 Å². The topological polar surface area (TPSA) is 94.9 Å². The van der Waals surface area contributed by atoms with E-state index in [-0.39, 0.29) is 13.0 Å². The normalized spacial score (nSPS) is 30.6. The van der Waals surface area contributed by atoms with E-state index >= 15 is 0 Å². The van der Waals surface area contributed by atoms with Crippen LogP contribution in [-0.4, -0.2) is 53.9 Å². The van der Waals surface area contributed by atoms with Crippen molar-refractivity contribution in [3.8, 4) is 0 Å². The van der Waals surface area contributed by atoms with E-state index in [1.54, 1.807) is 0 Å². The molecule has 0 saturated carbocycles. The summed E-state index contributed by atoms with van der Waals surface area (Å²) in [5.74, 6) is -1.22. The van der Waals surface area contributed by atoms with Crippen molar-refractivity contribution in [3.63, 3.8) is 0 Å². The van der Waals surface area contributed by atoms with Gasteiger partial charge in [0, 0.05) is 13.0 Å². The number of sulfonamides is 1. The maximum atomic E-state index is 11.0. The summed E-state index contributed by atoms with van der Waals surface area (Å²) in [5.41, 5.74) is 0. The third-order valence-electron chi connectivity index (χ3n) is 1.94. The second-order valence-corrected chi connectivity index (χ2v) is 5.01. The van der Waals surface area contributed by atoms with Crippen molar-refractivity contribution in [1.29, 1.82) is 0 Å². The zero-order chi connectivity index (χ0) is 10.2. The Balaban J connectivity index is 2.91. The molecule has 1 fully saturated rings. The van der Waals surface area contributed by atoms with Gasteiger partial charge in [-0.3, -0.25) is 4.79 Å². The number of aliphatic hydroxyl groups is 1. The number of aliphatic carboxylic acids is 1. The molecule has 1 aliphatic heterocycles. The van der Waals surface area contributed by atoms with Gasteiger partial charge in [-0.25, -0.2) is 8.42 Å². The number of β-amino-alcohol motifs (C(OH)–C–C–N with tert-alkyl or cyclic N) is 1. The van der Waals surface area contributed by atoms with E-state index in [2.05, 4.69) is 0 Å². The van der Waals surface area contributed by atoms with Crippen LogP contribution in [0.25, 0.3) is 0 Å². The fraction of sp³-hybridized carbons (Fsp3) is 0.833. The first-order chi connectivity index (χ1) is 5.82. The molecule has 0 aliphatic carbocycles. The quantitative estimate of drug-likeness (QED) is 0.575. The highest BCUT2D eigenvalue weighted by atomic mass is 32.2. The van der Waals surface area contributed by atoms with Crippen LogP contribution in [0.15, 0.2) is 0 Å². The molecule has 13 heavy (non-hydrogen) atoms. The molecule has 1 rings (SSSR count). The minimum absolute atomic E-state index is 0.0393. The molecule has 1 saturated heterocycles. The Hall–Kier alpha value is -0.660. The van der Waals surface area contributed by atoms with Gasteiger partial charge in [-0.1, -0.05) is 0 Å². The monoisotopic (exact) mass is 209 g/mol.